The van der Waals surface area contributed by atoms with E-state index < -0.39 is 11.7 Å². The molecular weight excluding hydrogens is 448 g/mol. The zero-order valence-electron chi connectivity index (χ0n) is 18.1. The normalized spacial score (nSPS) is 14.6. The maximum atomic E-state index is 14.0. The fourth-order valence-electron chi connectivity index (χ4n) is 4.89. The minimum Gasteiger partial charge on any atom is -0.508 e. The van der Waals surface area contributed by atoms with Crippen molar-refractivity contribution in [2.24, 2.45) is 0 Å². The van der Waals surface area contributed by atoms with Crippen molar-refractivity contribution in [3.8, 4) is 51.2 Å². The van der Waals surface area contributed by atoms with Gasteiger partial charge in [-0.2, -0.15) is 0 Å². The van der Waals surface area contributed by atoms with E-state index in [9.17, 15) is 30.3 Å². The Balaban J connectivity index is 1.78. The number of carbonyl (C=O) groups excluding carboxylic acids is 1. The summed E-state index contributed by atoms with van der Waals surface area (Å²) in [4.78, 5) is 14.0. The number of hydrogen-bond acceptors (Lipinski definition) is 7. The largest absolute Gasteiger partial charge is 0.508 e. The van der Waals surface area contributed by atoms with Gasteiger partial charge in [0, 0.05) is 39.8 Å². The van der Waals surface area contributed by atoms with Crippen molar-refractivity contribution in [2.75, 3.05) is 0 Å². The number of phenols is 5. The van der Waals surface area contributed by atoms with Crippen LogP contribution in [0.2, 0.25) is 0 Å². The van der Waals surface area contributed by atoms with E-state index in [1.165, 1.54) is 48.5 Å². The van der Waals surface area contributed by atoms with Gasteiger partial charge >= 0.3 is 0 Å². The van der Waals surface area contributed by atoms with Crippen LogP contribution in [0, 0.1) is 0 Å². The quantitative estimate of drug-likeness (QED) is 0.228. The number of furan rings is 1. The van der Waals surface area contributed by atoms with Gasteiger partial charge in [-0.3, -0.25) is 4.79 Å². The molecule has 0 saturated heterocycles. The van der Waals surface area contributed by atoms with Gasteiger partial charge < -0.3 is 29.9 Å². The maximum Gasteiger partial charge on any atom is 0.175 e. The predicted molar refractivity (Wildman–Crippen MR) is 128 cm³/mol. The summed E-state index contributed by atoms with van der Waals surface area (Å²) >= 11 is 0. The highest BCUT2D eigenvalue weighted by molar-refractivity contribution is 6.20. The molecule has 0 bridgehead atoms. The fourth-order valence-corrected chi connectivity index (χ4v) is 4.89. The summed E-state index contributed by atoms with van der Waals surface area (Å²) in [6.07, 6.45) is 0. The molecule has 35 heavy (non-hydrogen) atoms. The maximum absolute atomic E-state index is 14.0. The van der Waals surface area contributed by atoms with Crippen LogP contribution >= 0.6 is 0 Å². The molecule has 0 unspecified atom stereocenters. The Kier molecular flexibility index (Phi) is 4.31. The minimum absolute atomic E-state index is 0.0232. The average molecular weight is 466 g/mol. The number of ketones is 1. The van der Waals surface area contributed by atoms with Gasteiger partial charge in [0.05, 0.1) is 5.92 Å². The molecule has 0 radical (unpaired) electrons. The lowest BCUT2D eigenvalue weighted by Gasteiger charge is -2.20. The van der Waals surface area contributed by atoms with Crippen molar-refractivity contribution in [1.82, 2.24) is 0 Å². The van der Waals surface area contributed by atoms with Crippen LogP contribution in [0.1, 0.15) is 27.4 Å². The summed E-state index contributed by atoms with van der Waals surface area (Å²) in [5, 5.41) is 51.8. The summed E-state index contributed by atoms with van der Waals surface area (Å²) in [6.45, 7) is 0. The number of benzene rings is 4. The lowest BCUT2D eigenvalue weighted by molar-refractivity contribution is 0.0974. The summed E-state index contributed by atoms with van der Waals surface area (Å²) in [5.41, 5.74) is 2.67. The van der Waals surface area contributed by atoms with E-state index in [2.05, 4.69) is 0 Å². The molecule has 6 rings (SSSR count). The monoisotopic (exact) mass is 466 g/mol. The van der Waals surface area contributed by atoms with Crippen LogP contribution in [0.5, 0.6) is 28.7 Å². The molecule has 0 aliphatic heterocycles. The highest BCUT2D eigenvalue weighted by Crippen LogP contribution is 2.53. The molecule has 1 atom stereocenters. The molecular formula is C28H18O7. The molecule has 1 aliphatic rings. The third-order valence-corrected chi connectivity index (χ3v) is 6.36. The van der Waals surface area contributed by atoms with Gasteiger partial charge in [0.2, 0.25) is 0 Å². The van der Waals surface area contributed by atoms with E-state index in [1.54, 1.807) is 24.3 Å². The number of carbonyl (C=O) groups is 1. The molecule has 1 aromatic heterocycles. The van der Waals surface area contributed by atoms with Gasteiger partial charge in [-0.15, -0.1) is 0 Å². The third-order valence-electron chi connectivity index (χ3n) is 6.36. The van der Waals surface area contributed by atoms with E-state index in [0.717, 1.165) is 0 Å². The molecule has 5 N–H and O–H groups in total. The summed E-state index contributed by atoms with van der Waals surface area (Å²) in [7, 11) is 0. The van der Waals surface area contributed by atoms with Crippen LogP contribution < -0.4 is 0 Å². The molecule has 0 fully saturated rings. The van der Waals surface area contributed by atoms with Crippen molar-refractivity contribution in [2.45, 2.75) is 5.92 Å². The topological polar surface area (TPSA) is 131 Å². The van der Waals surface area contributed by atoms with E-state index >= 15 is 0 Å². The standard InChI is InChI=1S/C28H18O7/c29-15-5-1-13(2-6-15)23-24-19(9-17(31)11-21(24)33)26-25-20(27(23)34)10-18(32)12-22(25)35-28(26)14-3-7-16(30)8-4-14/h1-12,23,29-33H/t23-/m0/s1. The van der Waals surface area contributed by atoms with Crippen LogP contribution in [0.3, 0.4) is 0 Å². The molecule has 0 saturated carbocycles. The zero-order valence-corrected chi connectivity index (χ0v) is 18.1. The molecule has 1 aliphatic carbocycles. The molecule has 0 amide bonds. The van der Waals surface area contributed by atoms with Gasteiger partial charge in [-0.05, 0) is 59.7 Å². The van der Waals surface area contributed by atoms with E-state index in [-0.39, 0.29) is 45.5 Å². The first-order valence-electron chi connectivity index (χ1n) is 10.8. The average Bonchev–Trinajstić information content (AvgIpc) is 3.15. The van der Waals surface area contributed by atoms with Crippen molar-refractivity contribution in [1.29, 1.82) is 0 Å². The lowest BCUT2D eigenvalue weighted by atomic mass is 9.83. The molecule has 172 valence electrons. The van der Waals surface area contributed by atoms with Gasteiger partial charge in [0.1, 0.15) is 40.1 Å². The Morgan fingerprint density at radius 1 is 0.657 bits per heavy atom. The second-order valence-corrected chi connectivity index (χ2v) is 8.53. The first kappa shape index (κ1) is 20.7. The van der Waals surface area contributed by atoms with Crippen LogP contribution in [-0.4, -0.2) is 31.3 Å². The van der Waals surface area contributed by atoms with Crippen LogP contribution in [0.25, 0.3) is 33.4 Å². The van der Waals surface area contributed by atoms with Crippen molar-refractivity contribution in [3.05, 3.63) is 89.5 Å². The number of phenolic OH excluding ortho intramolecular Hbond substituents is 5. The fraction of sp³-hybridized carbons (Fsp3) is 0.0357. The molecule has 1 heterocycles. The molecule has 4 aromatic carbocycles. The summed E-state index contributed by atoms with van der Waals surface area (Å²) in [6, 6.07) is 17.8. The van der Waals surface area contributed by atoms with Crippen LogP contribution in [-0.2, 0) is 0 Å². The lowest BCUT2D eigenvalue weighted by Crippen LogP contribution is -2.14. The van der Waals surface area contributed by atoms with Crippen LogP contribution in [0.4, 0.5) is 0 Å². The molecule has 0 spiro atoms. The van der Waals surface area contributed by atoms with Crippen molar-refractivity contribution >= 4 is 16.8 Å². The molecule has 7 nitrogen and oxygen atoms in total. The summed E-state index contributed by atoms with van der Waals surface area (Å²) in [5.74, 6) is -1.60. The summed E-state index contributed by atoms with van der Waals surface area (Å²) < 4.78 is 6.12. The number of Topliss-reactive ketones (excluding diaryl/α,β-unsaturated/α-hetero) is 1. The first-order chi connectivity index (χ1) is 16.8. The number of rotatable bonds is 2. The van der Waals surface area contributed by atoms with Crippen LogP contribution in [0.15, 0.2) is 77.2 Å². The number of hydrogen-bond donors (Lipinski definition) is 5. The SMILES string of the molecule is O=C1c2cc(O)cc3oc(-c4ccc(O)cc4)c(c23)-c2cc(O)cc(O)c2[C@@H]1c1ccc(O)cc1. The third kappa shape index (κ3) is 3.09. The second-order valence-electron chi connectivity index (χ2n) is 8.53. The van der Waals surface area contributed by atoms with Crippen molar-refractivity contribution < 1.29 is 34.7 Å². The van der Waals surface area contributed by atoms with Gasteiger partial charge in [-0.1, -0.05) is 12.1 Å². The van der Waals surface area contributed by atoms with E-state index in [1.807, 2.05) is 0 Å². The Labute approximate surface area is 198 Å². The van der Waals surface area contributed by atoms with E-state index in [0.29, 0.717) is 33.4 Å². The Bertz CT molecular complexity index is 1640. The number of fused-ring (bicyclic) bond motifs is 2. The highest BCUT2D eigenvalue weighted by Gasteiger charge is 2.37. The van der Waals surface area contributed by atoms with Gasteiger partial charge in [0.15, 0.2) is 5.78 Å². The van der Waals surface area contributed by atoms with Crippen molar-refractivity contribution in [3.63, 3.8) is 0 Å². The highest BCUT2D eigenvalue weighted by atomic mass is 16.3. The Morgan fingerprint density at radius 3 is 1.94 bits per heavy atom. The molecule has 5 aromatic rings. The second kappa shape index (κ2) is 7.30. The first-order valence-corrected chi connectivity index (χ1v) is 10.8. The Hall–Kier alpha value is -4.91. The smallest absolute Gasteiger partial charge is 0.175 e. The zero-order chi connectivity index (χ0) is 24.4. The van der Waals surface area contributed by atoms with E-state index in [4.69, 9.17) is 4.42 Å². The van der Waals surface area contributed by atoms with Gasteiger partial charge in [-0.25, -0.2) is 0 Å². The number of aromatic hydroxyl groups is 5. The minimum atomic E-state index is -0.990. The van der Waals surface area contributed by atoms with Gasteiger partial charge in [0.25, 0.3) is 0 Å². The Morgan fingerprint density at radius 2 is 1.26 bits per heavy atom. The molecule has 7 heteroatoms. The predicted octanol–water partition coefficient (Wildman–Crippen LogP) is 5.62.